The Morgan fingerprint density at radius 3 is 0.893 bits per heavy atom. The molecular formula is C58H30BF24N. The van der Waals surface area contributed by atoms with Gasteiger partial charge in [0.05, 0.1) is 44.5 Å². The summed E-state index contributed by atoms with van der Waals surface area (Å²) in [6, 6.07) is 22.1. The topological polar surface area (TPSA) is 3.88 Å². The molecule has 10 rings (SSSR count). The maximum absolute atomic E-state index is 14.2. The summed E-state index contributed by atoms with van der Waals surface area (Å²) in [7, 11) is 0. The van der Waals surface area contributed by atoms with Crippen molar-refractivity contribution < 1.29 is 110 Å². The molecule has 10 aromatic rings. The second-order valence-corrected chi connectivity index (χ2v) is 19.5. The molecule has 1 heterocycles. The first-order chi connectivity index (χ1) is 38.6. The number of hydrogen-bond donors (Lipinski definition) is 0. The lowest BCUT2D eigenvalue weighted by molar-refractivity contribution is -0.686. The third-order valence-corrected chi connectivity index (χ3v) is 14.2. The van der Waals surface area contributed by atoms with Crippen LogP contribution in [0.4, 0.5) is 105 Å². The van der Waals surface area contributed by atoms with Gasteiger partial charge < -0.3 is 0 Å². The fourth-order valence-corrected chi connectivity index (χ4v) is 10.5. The van der Waals surface area contributed by atoms with Crippen LogP contribution in [0.25, 0.3) is 43.1 Å². The van der Waals surface area contributed by atoms with Crippen LogP contribution in [0.15, 0.2) is 170 Å². The minimum atomic E-state index is -6.13. The predicted molar refractivity (Wildman–Crippen MR) is 263 cm³/mol. The van der Waals surface area contributed by atoms with E-state index in [1.54, 1.807) is 0 Å². The molecule has 0 N–H and O–H groups in total. The van der Waals surface area contributed by atoms with Gasteiger partial charge in [-0.15, -0.1) is 0 Å². The maximum atomic E-state index is 14.2. The minimum Gasteiger partial charge on any atom is -0.200 e. The van der Waals surface area contributed by atoms with Crippen molar-refractivity contribution in [2.75, 3.05) is 0 Å². The van der Waals surface area contributed by atoms with E-state index in [0.717, 1.165) is 6.54 Å². The van der Waals surface area contributed by atoms with Crippen LogP contribution in [0.3, 0.4) is 0 Å². The molecule has 84 heavy (non-hydrogen) atoms. The Balaban J connectivity index is 0.000000256. The Kier molecular flexibility index (Phi) is 14.8. The molecule has 26 heteroatoms. The lowest BCUT2D eigenvalue weighted by Gasteiger charge is -2.46. The van der Waals surface area contributed by atoms with Gasteiger partial charge in [-0.1, -0.05) is 121 Å². The van der Waals surface area contributed by atoms with E-state index in [-0.39, 0.29) is 0 Å². The number of pyridine rings is 1. The molecule has 0 unspecified atom stereocenters. The van der Waals surface area contributed by atoms with Crippen LogP contribution in [0.1, 0.15) is 50.1 Å². The third kappa shape index (κ3) is 12.0. The van der Waals surface area contributed by atoms with E-state index in [4.69, 9.17) is 0 Å². The Morgan fingerprint density at radius 2 is 0.560 bits per heavy atom. The maximum Gasteiger partial charge on any atom is 0.416 e. The van der Waals surface area contributed by atoms with E-state index in [0.29, 0.717) is 0 Å². The zero-order valence-electron chi connectivity index (χ0n) is 41.5. The van der Waals surface area contributed by atoms with Crippen LogP contribution in [0.5, 0.6) is 0 Å². The summed E-state index contributed by atoms with van der Waals surface area (Å²) >= 11 is 0. The molecule has 438 valence electrons. The molecule has 0 atom stereocenters. The third-order valence-electron chi connectivity index (χ3n) is 14.2. The zero-order chi connectivity index (χ0) is 61.7. The van der Waals surface area contributed by atoms with Gasteiger partial charge in [0.15, 0.2) is 18.9 Å². The van der Waals surface area contributed by atoms with Gasteiger partial charge in [0.25, 0.3) is 0 Å². The number of halogens is 24. The Labute approximate surface area is 456 Å². The van der Waals surface area contributed by atoms with Gasteiger partial charge >= 0.3 is 49.4 Å². The van der Waals surface area contributed by atoms with Gasteiger partial charge in [-0.25, -0.2) is 4.57 Å². The summed E-state index contributed by atoms with van der Waals surface area (Å²) in [6.45, 7) is 0.874. The zero-order valence-corrected chi connectivity index (χ0v) is 41.5. The highest BCUT2D eigenvalue weighted by atomic mass is 19.4. The summed E-state index contributed by atoms with van der Waals surface area (Å²) in [4.78, 5) is 0. The molecule has 0 spiro atoms. The van der Waals surface area contributed by atoms with Gasteiger partial charge in [0.2, 0.25) is 0 Å². The van der Waals surface area contributed by atoms with E-state index in [1.807, 2.05) is 0 Å². The van der Waals surface area contributed by atoms with E-state index in [2.05, 4.69) is 102 Å². The quantitative estimate of drug-likeness (QED) is 0.0676. The highest BCUT2D eigenvalue weighted by Gasteiger charge is 2.47. The molecule has 0 fully saturated rings. The van der Waals surface area contributed by atoms with Crippen LogP contribution in [-0.4, -0.2) is 6.15 Å². The Morgan fingerprint density at radius 1 is 0.274 bits per heavy atom. The number of nitrogens with zero attached hydrogens (tertiary/aromatic N) is 1. The van der Waals surface area contributed by atoms with Gasteiger partial charge in [0, 0.05) is 17.0 Å². The highest BCUT2D eigenvalue weighted by Crippen LogP contribution is 2.42. The molecule has 0 aliphatic heterocycles. The molecule has 1 aromatic heterocycles. The first kappa shape index (κ1) is 60.4. The Bertz CT molecular complexity index is 3670. The monoisotopic (exact) mass is 1210 g/mol. The predicted octanol–water partition coefficient (Wildman–Crippen LogP) is 17.3. The first-order valence-electron chi connectivity index (χ1n) is 24.0. The van der Waals surface area contributed by atoms with Gasteiger partial charge in [0.1, 0.15) is 6.15 Å². The van der Waals surface area contributed by atoms with E-state index in [1.165, 1.54) is 48.7 Å². The summed E-state index contributed by atoms with van der Waals surface area (Å²) in [5.74, 6) is 0. The molecule has 0 amide bonds. The smallest absolute Gasteiger partial charge is 0.200 e. The van der Waals surface area contributed by atoms with Crippen molar-refractivity contribution >= 4 is 71.1 Å². The Hall–Kier alpha value is -8.19. The molecule has 0 radical (unpaired) electrons. The van der Waals surface area contributed by atoms with Gasteiger partial charge in [-0.2, -0.15) is 127 Å². The second-order valence-electron chi connectivity index (χ2n) is 19.5. The molecule has 0 bridgehead atoms. The molecular weight excluding hydrogens is 1180 g/mol. The number of aromatic nitrogens is 1. The molecule has 0 saturated carbocycles. The molecule has 1 nitrogen and oxygen atoms in total. The van der Waals surface area contributed by atoms with Crippen LogP contribution in [0, 0.1) is 0 Å². The van der Waals surface area contributed by atoms with Crippen molar-refractivity contribution in [1.82, 2.24) is 0 Å². The van der Waals surface area contributed by atoms with Gasteiger partial charge in [-0.3, -0.25) is 0 Å². The lowest BCUT2D eigenvalue weighted by atomic mass is 9.12. The van der Waals surface area contributed by atoms with E-state index < -0.39 is 195 Å². The van der Waals surface area contributed by atoms with Crippen molar-refractivity contribution in [2.24, 2.45) is 0 Å². The van der Waals surface area contributed by atoms with E-state index in [9.17, 15) is 105 Å². The van der Waals surface area contributed by atoms with Crippen molar-refractivity contribution in [3.05, 3.63) is 220 Å². The number of benzene rings is 9. The van der Waals surface area contributed by atoms with E-state index >= 15 is 0 Å². The molecule has 0 aliphatic rings. The van der Waals surface area contributed by atoms with Crippen LogP contribution < -0.4 is 26.4 Å². The number of rotatable bonds is 6. The van der Waals surface area contributed by atoms with Crippen LogP contribution >= 0.6 is 0 Å². The van der Waals surface area contributed by atoms with Crippen LogP contribution in [0.2, 0.25) is 0 Å². The number of hydrogen-bond acceptors (Lipinski definition) is 0. The number of alkyl halides is 24. The SMILES string of the molecule is FC(F)(F)c1cc([B-](c2cc(C(F)(F)F)cc(C(F)(F)F)c2)(c2cc(C(F)(F)F)cc(C(F)(F)F)c2)c2cc(C(F)(F)F)cc(C(F)(F)F)c2)cc(C(F)(F)F)c1.c1ccc2c[n+](Cc3ccc4ccc5cccc6ccc3c4c56)ccc2c1. The highest BCUT2D eigenvalue weighted by molar-refractivity contribution is 7.20. The summed E-state index contributed by atoms with van der Waals surface area (Å²) in [5, 5.41) is 10.7. The fraction of sp³-hybridized carbons (Fsp3) is 0.155. The molecule has 0 saturated heterocycles. The van der Waals surface area contributed by atoms with Crippen molar-refractivity contribution in [3.63, 3.8) is 0 Å². The van der Waals surface area contributed by atoms with Gasteiger partial charge in [-0.05, 0) is 68.0 Å². The summed E-state index contributed by atoms with van der Waals surface area (Å²) in [5.41, 5.74) is -28.8. The summed E-state index contributed by atoms with van der Waals surface area (Å²) < 4.78 is 343. The second kappa shape index (κ2) is 20.6. The molecule has 9 aromatic carbocycles. The van der Waals surface area contributed by atoms with Crippen molar-refractivity contribution in [1.29, 1.82) is 0 Å². The standard InChI is InChI=1S/C32H12BF24.C26H18N/c34-25(35,36)13-1-14(26(37,38)39)6-21(5-13)33(22-7-15(27(40,41)42)2-16(8-22)28(43,44)45,23-9-17(29(46,47)48)3-18(10-23)30(49,50)51)24-11-19(31(52,53)54)4-20(12-24)32(55,56)57;1-2-5-22-16-27(15-14-18(22)4-1)17-23-11-10-21-9-8-19-6-3-7-20-12-13-24(23)26(21)25(19)20/h1-12H;1-16H,17H2/q-1;+1. The average molecular weight is 1210 g/mol. The van der Waals surface area contributed by atoms with Crippen LogP contribution in [-0.2, 0) is 56.0 Å². The normalized spacial score (nSPS) is 13.5. The largest absolute Gasteiger partial charge is 0.416 e. The van der Waals surface area contributed by atoms with Crippen molar-refractivity contribution in [3.8, 4) is 0 Å². The van der Waals surface area contributed by atoms with Crippen molar-refractivity contribution in [2.45, 2.75) is 56.0 Å². The summed E-state index contributed by atoms with van der Waals surface area (Å²) in [6.07, 6.45) is -50.4. The number of fused-ring (bicyclic) bond motifs is 1. The average Bonchev–Trinajstić information content (AvgIpc) is 0.770. The fourth-order valence-electron chi connectivity index (χ4n) is 10.5. The first-order valence-corrected chi connectivity index (χ1v) is 24.0. The molecule has 0 aliphatic carbocycles. The lowest BCUT2D eigenvalue weighted by Crippen LogP contribution is -2.75. The minimum absolute atomic E-state index is 0.691.